The van der Waals surface area contributed by atoms with Crippen molar-refractivity contribution in [3.05, 3.63) is 34.0 Å². The molecule has 2 N–H and O–H groups in total. The molecule has 114 valence electrons. The third kappa shape index (κ3) is 2.62. The first-order valence-electron chi connectivity index (χ1n) is 6.63. The minimum atomic E-state index is -0.186. The van der Waals surface area contributed by atoms with Crippen LogP contribution in [0, 0.1) is 13.8 Å². The van der Waals surface area contributed by atoms with Crippen LogP contribution in [0.3, 0.4) is 0 Å². The number of aryl methyl sites for hydroxylation is 2. The van der Waals surface area contributed by atoms with E-state index < -0.39 is 0 Å². The average Bonchev–Trinajstić information content (AvgIpc) is 3.18. The van der Waals surface area contributed by atoms with Gasteiger partial charge in [-0.3, -0.25) is 4.79 Å². The normalized spacial score (nSPS) is 12.3. The number of nitrogens with zero attached hydrogens (tertiary/aromatic N) is 4. The van der Waals surface area contributed by atoms with Gasteiger partial charge in [0.15, 0.2) is 0 Å². The van der Waals surface area contributed by atoms with Crippen LogP contribution in [0.5, 0.6) is 0 Å². The summed E-state index contributed by atoms with van der Waals surface area (Å²) in [4.78, 5) is 13.7. The zero-order valence-corrected chi connectivity index (χ0v) is 13.1. The SMILES string of the molecule is Cc1noc(C)c1C(C)NC(=O)c1ccc(-c2nn[nH]n2)s1. The largest absolute Gasteiger partial charge is 0.361 e. The summed E-state index contributed by atoms with van der Waals surface area (Å²) in [7, 11) is 0. The molecule has 0 radical (unpaired) electrons. The summed E-state index contributed by atoms with van der Waals surface area (Å²) in [6.45, 7) is 5.59. The van der Waals surface area contributed by atoms with Gasteiger partial charge in [-0.2, -0.15) is 5.21 Å². The Morgan fingerprint density at radius 3 is 2.86 bits per heavy atom. The molecule has 0 bridgehead atoms. The van der Waals surface area contributed by atoms with Crippen molar-refractivity contribution in [1.82, 2.24) is 31.1 Å². The molecule has 0 aliphatic heterocycles. The summed E-state index contributed by atoms with van der Waals surface area (Å²) in [6, 6.07) is 3.35. The Morgan fingerprint density at radius 2 is 2.23 bits per heavy atom. The van der Waals surface area contributed by atoms with Gasteiger partial charge in [-0.05, 0) is 38.1 Å². The van der Waals surface area contributed by atoms with E-state index in [9.17, 15) is 4.79 Å². The highest BCUT2D eigenvalue weighted by molar-refractivity contribution is 7.17. The quantitative estimate of drug-likeness (QED) is 0.761. The second-order valence-electron chi connectivity index (χ2n) is 4.83. The molecule has 1 unspecified atom stereocenters. The lowest BCUT2D eigenvalue weighted by molar-refractivity contribution is 0.0944. The fourth-order valence-electron chi connectivity index (χ4n) is 2.29. The Balaban J connectivity index is 1.75. The summed E-state index contributed by atoms with van der Waals surface area (Å²) < 4.78 is 5.13. The maximum Gasteiger partial charge on any atom is 0.261 e. The van der Waals surface area contributed by atoms with E-state index in [0.29, 0.717) is 16.5 Å². The monoisotopic (exact) mass is 318 g/mol. The van der Waals surface area contributed by atoms with Crippen LogP contribution in [0.1, 0.15) is 39.7 Å². The van der Waals surface area contributed by atoms with Crippen LogP contribution in [0.4, 0.5) is 0 Å². The summed E-state index contributed by atoms with van der Waals surface area (Å²) in [6.07, 6.45) is 0. The van der Waals surface area contributed by atoms with E-state index in [1.807, 2.05) is 20.8 Å². The van der Waals surface area contributed by atoms with Crippen molar-refractivity contribution < 1.29 is 9.32 Å². The van der Waals surface area contributed by atoms with Gasteiger partial charge in [0.2, 0.25) is 5.82 Å². The molecule has 1 atom stereocenters. The molecule has 22 heavy (non-hydrogen) atoms. The second kappa shape index (κ2) is 5.68. The summed E-state index contributed by atoms with van der Waals surface area (Å²) in [5, 5.41) is 20.5. The fraction of sp³-hybridized carbons (Fsp3) is 0.308. The van der Waals surface area contributed by atoms with Gasteiger partial charge in [-0.1, -0.05) is 5.16 Å². The number of carbonyl (C=O) groups excluding carboxylic acids is 1. The predicted molar refractivity (Wildman–Crippen MR) is 79.3 cm³/mol. The summed E-state index contributed by atoms with van der Waals surface area (Å²) >= 11 is 1.31. The van der Waals surface area contributed by atoms with Crippen molar-refractivity contribution in [1.29, 1.82) is 0 Å². The Labute approximate surface area is 129 Å². The van der Waals surface area contributed by atoms with Gasteiger partial charge in [0.1, 0.15) is 5.76 Å². The second-order valence-corrected chi connectivity index (χ2v) is 5.92. The average molecular weight is 318 g/mol. The summed E-state index contributed by atoms with van der Waals surface area (Å²) in [5.74, 6) is 1.03. The third-order valence-electron chi connectivity index (χ3n) is 3.26. The molecule has 0 saturated carbocycles. The molecule has 0 aliphatic rings. The zero-order valence-electron chi connectivity index (χ0n) is 12.2. The van der Waals surface area contributed by atoms with E-state index in [1.165, 1.54) is 11.3 Å². The molecule has 0 saturated heterocycles. The van der Waals surface area contributed by atoms with Gasteiger partial charge >= 0.3 is 0 Å². The minimum Gasteiger partial charge on any atom is -0.361 e. The van der Waals surface area contributed by atoms with Crippen LogP contribution in [0.15, 0.2) is 16.7 Å². The highest BCUT2D eigenvalue weighted by Gasteiger charge is 2.20. The van der Waals surface area contributed by atoms with E-state index in [0.717, 1.165) is 16.1 Å². The van der Waals surface area contributed by atoms with Crippen molar-refractivity contribution in [2.24, 2.45) is 0 Å². The van der Waals surface area contributed by atoms with Gasteiger partial charge in [-0.15, -0.1) is 21.5 Å². The molecule has 3 heterocycles. The molecule has 0 fully saturated rings. The lowest BCUT2D eigenvalue weighted by atomic mass is 10.1. The van der Waals surface area contributed by atoms with Crippen LogP contribution in [-0.4, -0.2) is 31.7 Å². The number of aromatic nitrogens is 5. The number of tetrazole rings is 1. The maximum atomic E-state index is 12.3. The Kier molecular flexibility index (Phi) is 3.72. The molecule has 3 aromatic rings. The first-order chi connectivity index (χ1) is 10.6. The molecule has 0 spiro atoms. The first-order valence-corrected chi connectivity index (χ1v) is 7.45. The van der Waals surface area contributed by atoms with Crippen molar-refractivity contribution >= 4 is 17.2 Å². The molecular weight excluding hydrogens is 304 g/mol. The molecule has 8 nitrogen and oxygen atoms in total. The first kappa shape index (κ1) is 14.4. The van der Waals surface area contributed by atoms with Gasteiger partial charge in [0, 0.05) is 5.56 Å². The van der Waals surface area contributed by atoms with Crippen LogP contribution in [0.2, 0.25) is 0 Å². The number of hydrogen-bond acceptors (Lipinski definition) is 7. The van der Waals surface area contributed by atoms with Crippen molar-refractivity contribution in [3.8, 4) is 10.7 Å². The molecule has 9 heteroatoms. The molecule has 3 aromatic heterocycles. The van der Waals surface area contributed by atoms with E-state index >= 15 is 0 Å². The number of thiophene rings is 1. The van der Waals surface area contributed by atoms with E-state index in [1.54, 1.807) is 12.1 Å². The number of amides is 1. The van der Waals surface area contributed by atoms with Gasteiger partial charge in [0.25, 0.3) is 5.91 Å². The van der Waals surface area contributed by atoms with Crippen LogP contribution in [-0.2, 0) is 0 Å². The Hall–Kier alpha value is -2.55. The van der Waals surface area contributed by atoms with Gasteiger partial charge < -0.3 is 9.84 Å². The lowest BCUT2D eigenvalue weighted by Crippen LogP contribution is -2.26. The maximum absolute atomic E-state index is 12.3. The van der Waals surface area contributed by atoms with Crippen LogP contribution >= 0.6 is 11.3 Å². The Morgan fingerprint density at radius 1 is 1.41 bits per heavy atom. The number of aromatic amines is 1. The number of nitrogens with one attached hydrogen (secondary N) is 2. The minimum absolute atomic E-state index is 0.160. The highest BCUT2D eigenvalue weighted by Crippen LogP contribution is 2.26. The smallest absolute Gasteiger partial charge is 0.261 e. The van der Waals surface area contributed by atoms with Gasteiger partial charge in [-0.25, -0.2) is 0 Å². The summed E-state index contributed by atoms with van der Waals surface area (Å²) in [5.41, 5.74) is 1.69. The lowest BCUT2D eigenvalue weighted by Gasteiger charge is -2.12. The number of H-pyrrole nitrogens is 1. The number of carbonyl (C=O) groups is 1. The van der Waals surface area contributed by atoms with E-state index in [4.69, 9.17) is 4.52 Å². The molecule has 1 amide bonds. The van der Waals surface area contributed by atoms with Crippen molar-refractivity contribution in [2.75, 3.05) is 0 Å². The van der Waals surface area contributed by atoms with Crippen LogP contribution in [0.25, 0.3) is 10.7 Å². The van der Waals surface area contributed by atoms with Crippen LogP contribution < -0.4 is 5.32 Å². The molecular formula is C13H14N6O2S. The van der Waals surface area contributed by atoms with E-state index in [-0.39, 0.29) is 11.9 Å². The number of hydrogen-bond donors (Lipinski definition) is 2. The van der Waals surface area contributed by atoms with Gasteiger partial charge in [0.05, 0.1) is 21.5 Å². The fourth-order valence-corrected chi connectivity index (χ4v) is 3.13. The molecule has 3 rings (SSSR count). The van der Waals surface area contributed by atoms with Crippen molar-refractivity contribution in [2.45, 2.75) is 26.8 Å². The molecule has 0 aromatic carbocycles. The predicted octanol–water partition coefficient (Wildman–Crippen LogP) is 2.02. The van der Waals surface area contributed by atoms with E-state index in [2.05, 4.69) is 31.1 Å². The highest BCUT2D eigenvalue weighted by atomic mass is 32.1. The topological polar surface area (TPSA) is 110 Å². The standard InChI is InChI=1S/C13H14N6O2S/c1-6(11-7(2)17-21-8(11)3)14-13(20)10-5-4-9(22-10)12-15-18-19-16-12/h4-6H,1-3H3,(H,14,20)(H,15,16,18,19). The van der Waals surface area contributed by atoms with Crippen molar-refractivity contribution in [3.63, 3.8) is 0 Å². The Bertz CT molecular complexity index is 772. The number of rotatable bonds is 4. The third-order valence-corrected chi connectivity index (χ3v) is 4.34. The molecule has 0 aliphatic carbocycles. The zero-order chi connectivity index (χ0) is 15.7.